The molecule has 19 heavy (non-hydrogen) atoms. The van der Waals surface area contributed by atoms with Crippen molar-refractivity contribution in [3.05, 3.63) is 35.4 Å². The van der Waals surface area contributed by atoms with E-state index in [1.54, 1.807) is 13.8 Å². The molecule has 1 aromatic rings. The van der Waals surface area contributed by atoms with Gasteiger partial charge < -0.3 is 10.1 Å². The van der Waals surface area contributed by atoms with E-state index in [9.17, 15) is 18.0 Å². The molecule has 1 unspecified atom stereocenters. The minimum absolute atomic E-state index is 0.0238. The van der Waals surface area contributed by atoms with Gasteiger partial charge in [-0.3, -0.25) is 4.79 Å². The van der Waals surface area contributed by atoms with Gasteiger partial charge >= 0.3 is 12.1 Å². The van der Waals surface area contributed by atoms with Crippen molar-refractivity contribution in [2.45, 2.75) is 26.1 Å². The summed E-state index contributed by atoms with van der Waals surface area (Å²) in [6.07, 6.45) is -4.33. The first-order chi connectivity index (χ1) is 8.84. The summed E-state index contributed by atoms with van der Waals surface area (Å²) in [4.78, 5) is 11.1. The first kappa shape index (κ1) is 15.5. The minimum atomic E-state index is -4.33. The van der Waals surface area contributed by atoms with Crippen molar-refractivity contribution >= 4 is 5.97 Å². The Hall–Kier alpha value is -1.56. The summed E-state index contributed by atoms with van der Waals surface area (Å²) < 4.78 is 41.9. The molecule has 0 radical (unpaired) electrons. The number of carbonyl (C=O) groups is 1. The van der Waals surface area contributed by atoms with E-state index in [1.807, 2.05) is 0 Å². The van der Waals surface area contributed by atoms with Crippen LogP contribution in [0.5, 0.6) is 0 Å². The van der Waals surface area contributed by atoms with Crippen LogP contribution in [-0.2, 0) is 15.7 Å². The number of esters is 1. The van der Waals surface area contributed by atoms with Gasteiger partial charge in [-0.2, -0.15) is 13.2 Å². The molecule has 0 aliphatic rings. The Kier molecular flexibility index (Phi) is 5.35. The Balaban J connectivity index is 2.58. The zero-order valence-corrected chi connectivity index (χ0v) is 10.8. The number of hydrogen-bond donors (Lipinski definition) is 1. The largest absolute Gasteiger partial charge is 0.465 e. The molecule has 0 aromatic heterocycles. The molecule has 0 amide bonds. The second-order valence-electron chi connectivity index (χ2n) is 4.03. The van der Waals surface area contributed by atoms with Crippen molar-refractivity contribution in [1.29, 1.82) is 0 Å². The van der Waals surface area contributed by atoms with Crippen LogP contribution in [0.2, 0.25) is 0 Å². The van der Waals surface area contributed by atoms with Crippen LogP contribution >= 0.6 is 0 Å². The molecule has 106 valence electrons. The highest BCUT2D eigenvalue weighted by molar-refractivity contribution is 5.71. The van der Waals surface area contributed by atoms with Gasteiger partial charge in [-0.1, -0.05) is 12.1 Å². The highest BCUT2D eigenvalue weighted by Gasteiger charge is 2.30. The quantitative estimate of drug-likeness (QED) is 0.840. The van der Waals surface area contributed by atoms with Gasteiger partial charge in [-0.15, -0.1) is 0 Å². The van der Waals surface area contributed by atoms with Gasteiger partial charge in [-0.05, 0) is 31.5 Å². The van der Waals surface area contributed by atoms with Crippen molar-refractivity contribution < 1.29 is 22.7 Å². The number of benzene rings is 1. The molecule has 0 heterocycles. The number of nitrogens with one attached hydrogen (secondary N) is 1. The van der Waals surface area contributed by atoms with E-state index in [0.717, 1.165) is 12.1 Å². The number of ether oxygens (including phenoxy) is 1. The molecule has 1 N–H and O–H groups in total. The summed E-state index contributed by atoms with van der Waals surface area (Å²) in [5, 5.41) is 2.89. The predicted octanol–water partition coefficient (Wildman–Crippen LogP) is 2.92. The Morgan fingerprint density at radius 2 is 1.89 bits per heavy atom. The van der Waals surface area contributed by atoms with Crippen LogP contribution in [0.1, 0.15) is 31.0 Å². The zero-order chi connectivity index (χ0) is 14.5. The maximum atomic E-state index is 12.4. The lowest BCUT2D eigenvalue weighted by Crippen LogP contribution is -2.27. The third-order valence-electron chi connectivity index (χ3n) is 2.60. The average molecular weight is 275 g/mol. The molecule has 3 nitrogen and oxygen atoms in total. The molecular formula is C13H16F3NO2. The van der Waals surface area contributed by atoms with Gasteiger partial charge in [0.15, 0.2) is 0 Å². The van der Waals surface area contributed by atoms with Gasteiger partial charge in [0.25, 0.3) is 0 Å². The van der Waals surface area contributed by atoms with E-state index in [2.05, 4.69) is 5.32 Å². The molecule has 6 heteroatoms. The average Bonchev–Trinajstić information content (AvgIpc) is 2.35. The number of carbonyl (C=O) groups excluding carboxylic acids is 1. The molecule has 0 saturated carbocycles. The Bertz CT molecular complexity index is 415. The maximum absolute atomic E-state index is 12.4. The number of alkyl halides is 3. The first-order valence-corrected chi connectivity index (χ1v) is 5.90. The van der Waals surface area contributed by atoms with Crippen LogP contribution in [0.3, 0.4) is 0 Å². The molecule has 0 bridgehead atoms. The third kappa shape index (κ3) is 4.90. The normalized spacial score (nSPS) is 13.1. The van der Waals surface area contributed by atoms with Crippen molar-refractivity contribution in [3.8, 4) is 0 Å². The zero-order valence-electron chi connectivity index (χ0n) is 10.8. The monoisotopic (exact) mass is 275 g/mol. The summed E-state index contributed by atoms with van der Waals surface area (Å²) in [6, 6.07) is 4.61. The Morgan fingerprint density at radius 1 is 1.32 bits per heavy atom. The Labute approximate surface area is 109 Å². The van der Waals surface area contributed by atoms with Crippen LogP contribution in [-0.4, -0.2) is 19.1 Å². The van der Waals surface area contributed by atoms with Gasteiger partial charge in [0.05, 0.1) is 18.7 Å². The van der Waals surface area contributed by atoms with E-state index in [0.29, 0.717) is 12.2 Å². The van der Waals surface area contributed by atoms with Crippen molar-refractivity contribution in [3.63, 3.8) is 0 Å². The molecule has 0 fully saturated rings. The van der Waals surface area contributed by atoms with E-state index in [-0.39, 0.29) is 18.6 Å². The number of halogens is 3. The molecule has 0 aliphatic heterocycles. The van der Waals surface area contributed by atoms with E-state index in [1.165, 1.54) is 12.1 Å². The fourth-order valence-corrected chi connectivity index (χ4v) is 1.53. The molecular weight excluding hydrogens is 259 g/mol. The predicted molar refractivity (Wildman–Crippen MR) is 64.5 cm³/mol. The fourth-order valence-electron chi connectivity index (χ4n) is 1.53. The summed E-state index contributed by atoms with van der Waals surface area (Å²) in [5.74, 6) is -0.388. The van der Waals surface area contributed by atoms with Crippen LogP contribution in [0.25, 0.3) is 0 Å². The second kappa shape index (κ2) is 6.56. The summed E-state index contributed by atoms with van der Waals surface area (Å²) in [7, 11) is 0. The standard InChI is InChI=1S/C13H16F3NO2/c1-3-19-12(18)8-17-9(2)10-4-6-11(7-5-10)13(14,15)16/h4-7,9,17H,3,8H2,1-2H3. The summed E-state index contributed by atoms with van der Waals surface area (Å²) >= 11 is 0. The number of rotatable bonds is 5. The van der Waals surface area contributed by atoms with Gasteiger partial charge in [0.2, 0.25) is 0 Å². The van der Waals surface area contributed by atoms with E-state index < -0.39 is 11.7 Å². The van der Waals surface area contributed by atoms with Crippen LogP contribution in [0, 0.1) is 0 Å². The lowest BCUT2D eigenvalue weighted by atomic mass is 10.1. The summed E-state index contributed by atoms with van der Waals surface area (Å²) in [5.41, 5.74) is -0.00820. The van der Waals surface area contributed by atoms with Crippen molar-refractivity contribution in [2.24, 2.45) is 0 Å². The summed E-state index contributed by atoms with van der Waals surface area (Å²) in [6.45, 7) is 3.80. The van der Waals surface area contributed by atoms with Gasteiger partial charge in [0, 0.05) is 6.04 Å². The molecule has 1 atom stereocenters. The van der Waals surface area contributed by atoms with E-state index >= 15 is 0 Å². The lowest BCUT2D eigenvalue weighted by Gasteiger charge is -2.14. The highest BCUT2D eigenvalue weighted by atomic mass is 19.4. The van der Waals surface area contributed by atoms with Crippen LogP contribution in [0.4, 0.5) is 13.2 Å². The van der Waals surface area contributed by atoms with Gasteiger partial charge in [0.1, 0.15) is 0 Å². The highest BCUT2D eigenvalue weighted by Crippen LogP contribution is 2.29. The van der Waals surface area contributed by atoms with Crippen LogP contribution < -0.4 is 5.32 Å². The molecule has 0 saturated heterocycles. The second-order valence-corrected chi connectivity index (χ2v) is 4.03. The smallest absolute Gasteiger partial charge is 0.416 e. The third-order valence-corrected chi connectivity index (χ3v) is 2.60. The van der Waals surface area contributed by atoms with Crippen molar-refractivity contribution in [2.75, 3.05) is 13.2 Å². The molecule has 1 aromatic carbocycles. The molecule has 0 aliphatic carbocycles. The SMILES string of the molecule is CCOC(=O)CNC(C)c1ccc(C(F)(F)F)cc1. The fraction of sp³-hybridized carbons (Fsp3) is 0.462. The van der Waals surface area contributed by atoms with Gasteiger partial charge in [-0.25, -0.2) is 0 Å². The van der Waals surface area contributed by atoms with E-state index in [4.69, 9.17) is 4.74 Å². The van der Waals surface area contributed by atoms with Crippen molar-refractivity contribution in [1.82, 2.24) is 5.32 Å². The maximum Gasteiger partial charge on any atom is 0.416 e. The minimum Gasteiger partial charge on any atom is -0.465 e. The Morgan fingerprint density at radius 3 is 2.37 bits per heavy atom. The topological polar surface area (TPSA) is 38.3 Å². The molecule has 0 spiro atoms. The lowest BCUT2D eigenvalue weighted by molar-refractivity contribution is -0.142. The first-order valence-electron chi connectivity index (χ1n) is 5.90. The number of hydrogen-bond acceptors (Lipinski definition) is 3. The van der Waals surface area contributed by atoms with Crippen LogP contribution in [0.15, 0.2) is 24.3 Å². The molecule has 1 rings (SSSR count).